The van der Waals surface area contributed by atoms with Gasteiger partial charge in [0.2, 0.25) is 0 Å². The highest BCUT2D eigenvalue weighted by atomic mass is 19.1. The van der Waals surface area contributed by atoms with Gasteiger partial charge in [0.1, 0.15) is 5.82 Å². The van der Waals surface area contributed by atoms with Crippen LogP contribution < -0.4 is 0 Å². The van der Waals surface area contributed by atoms with Crippen molar-refractivity contribution in [3.8, 4) is 0 Å². The van der Waals surface area contributed by atoms with Crippen LogP contribution >= 0.6 is 0 Å². The third kappa shape index (κ3) is 1.41. The Balaban J connectivity index is 3.07. The zero-order valence-corrected chi connectivity index (χ0v) is 5.69. The Bertz CT molecular complexity index is 255. The number of hydrogen-bond donors (Lipinski definition) is 1. The molecule has 2 heteroatoms. The summed E-state index contributed by atoms with van der Waals surface area (Å²) < 4.78 is 12.4. The van der Waals surface area contributed by atoms with Crippen LogP contribution in [0.25, 0.3) is 0 Å². The molecule has 1 rings (SSSR count). The number of benzene rings is 1. The summed E-state index contributed by atoms with van der Waals surface area (Å²) in [6, 6.07) is 6.03. The average molecular weight is 137 g/mol. The van der Waals surface area contributed by atoms with Gasteiger partial charge in [0.15, 0.2) is 0 Å². The van der Waals surface area contributed by atoms with Crippen LogP contribution in [-0.4, -0.2) is 5.71 Å². The molecule has 0 spiro atoms. The number of halogens is 1. The third-order valence-electron chi connectivity index (χ3n) is 1.26. The van der Waals surface area contributed by atoms with Crippen LogP contribution in [0.2, 0.25) is 0 Å². The van der Waals surface area contributed by atoms with Gasteiger partial charge in [-0.2, -0.15) is 0 Å². The lowest BCUT2D eigenvalue weighted by Crippen LogP contribution is -1.91. The normalized spacial score (nSPS) is 9.40. The molecule has 0 fully saturated rings. The molecule has 1 aromatic carbocycles. The van der Waals surface area contributed by atoms with Gasteiger partial charge in [-0.1, -0.05) is 12.1 Å². The molecule has 0 atom stereocenters. The van der Waals surface area contributed by atoms with Gasteiger partial charge >= 0.3 is 0 Å². The van der Waals surface area contributed by atoms with Gasteiger partial charge in [-0.3, -0.25) is 0 Å². The van der Waals surface area contributed by atoms with E-state index < -0.39 is 0 Å². The largest absolute Gasteiger partial charge is 0.305 e. The van der Waals surface area contributed by atoms with Gasteiger partial charge in [-0.05, 0) is 24.6 Å². The second-order valence-electron chi connectivity index (χ2n) is 2.14. The van der Waals surface area contributed by atoms with Gasteiger partial charge < -0.3 is 5.41 Å². The van der Waals surface area contributed by atoms with Crippen LogP contribution in [0.4, 0.5) is 4.39 Å². The van der Waals surface area contributed by atoms with E-state index in [0.29, 0.717) is 11.3 Å². The highest BCUT2D eigenvalue weighted by Gasteiger charge is 1.94. The second kappa shape index (κ2) is 2.60. The molecule has 0 amide bonds. The van der Waals surface area contributed by atoms with Crippen LogP contribution in [0.3, 0.4) is 0 Å². The van der Waals surface area contributed by atoms with Crippen molar-refractivity contribution in [3.63, 3.8) is 0 Å². The minimum atomic E-state index is -0.288. The van der Waals surface area contributed by atoms with Crippen LogP contribution in [0.1, 0.15) is 12.5 Å². The van der Waals surface area contributed by atoms with Gasteiger partial charge in [-0.25, -0.2) is 4.39 Å². The molecule has 0 aliphatic heterocycles. The lowest BCUT2D eigenvalue weighted by atomic mass is 10.1. The fourth-order valence-electron chi connectivity index (χ4n) is 0.722. The first kappa shape index (κ1) is 6.93. The van der Waals surface area contributed by atoms with Crippen molar-refractivity contribution in [2.75, 3.05) is 0 Å². The van der Waals surface area contributed by atoms with Crippen LogP contribution in [-0.2, 0) is 0 Å². The molecule has 0 aliphatic rings. The number of nitrogens with one attached hydrogen (secondary N) is 1. The Hall–Kier alpha value is -1.18. The summed E-state index contributed by atoms with van der Waals surface area (Å²) in [7, 11) is 0. The summed E-state index contributed by atoms with van der Waals surface area (Å²) in [6.45, 7) is 1.63. The highest BCUT2D eigenvalue weighted by Crippen LogP contribution is 2.03. The molecule has 0 saturated heterocycles. The minimum Gasteiger partial charge on any atom is -0.305 e. The number of hydrogen-bond acceptors (Lipinski definition) is 1. The number of rotatable bonds is 1. The summed E-state index contributed by atoms with van der Waals surface area (Å²) in [5.41, 5.74) is 1.03. The summed E-state index contributed by atoms with van der Waals surface area (Å²) in [5, 5.41) is 7.17. The van der Waals surface area contributed by atoms with E-state index in [1.807, 2.05) is 0 Å². The van der Waals surface area contributed by atoms with E-state index in [2.05, 4.69) is 0 Å². The molecule has 0 aromatic heterocycles. The fourth-order valence-corrected chi connectivity index (χ4v) is 0.722. The zero-order valence-electron chi connectivity index (χ0n) is 5.69. The molecule has 1 aromatic rings. The predicted molar refractivity (Wildman–Crippen MR) is 38.9 cm³/mol. The first-order chi connectivity index (χ1) is 4.70. The Morgan fingerprint density at radius 1 is 1.50 bits per heavy atom. The maximum atomic E-state index is 12.4. The third-order valence-corrected chi connectivity index (χ3v) is 1.26. The Kier molecular flexibility index (Phi) is 1.81. The maximum absolute atomic E-state index is 12.4. The molecule has 0 radical (unpaired) electrons. The molecule has 1 N–H and O–H groups in total. The van der Waals surface area contributed by atoms with Crippen LogP contribution in [0, 0.1) is 11.2 Å². The molecular formula is C8H8FN. The van der Waals surface area contributed by atoms with E-state index >= 15 is 0 Å². The molecule has 10 heavy (non-hydrogen) atoms. The van der Waals surface area contributed by atoms with Crippen molar-refractivity contribution in [3.05, 3.63) is 35.6 Å². The van der Waals surface area contributed by atoms with Crippen molar-refractivity contribution >= 4 is 5.71 Å². The van der Waals surface area contributed by atoms with Crippen molar-refractivity contribution < 1.29 is 4.39 Å². The van der Waals surface area contributed by atoms with Gasteiger partial charge in [-0.15, -0.1) is 0 Å². The first-order valence-electron chi connectivity index (χ1n) is 3.01. The standard InChI is InChI=1S/C8H8FN/c1-6(10)7-3-2-4-8(9)5-7/h2-5,10H,1H3. The molecule has 0 heterocycles. The average Bonchev–Trinajstić information content (AvgIpc) is 1.88. The van der Waals surface area contributed by atoms with E-state index in [1.165, 1.54) is 12.1 Å². The first-order valence-corrected chi connectivity index (χ1v) is 3.01. The molecule has 0 unspecified atom stereocenters. The Morgan fingerprint density at radius 2 is 2.20 bits per heavy atom. The van der Waals surface area contributed by atoms with Gasteiger partial charge in [0, 0.05) is 5.71 Å². The molecule has 52 valence electrons. The summed E-state index contributed by atoms with van der Waals surface area (Å²) in [6.07, 6.45) is 0. The molecule has 0 saturated carbocycles. The Labute approximate surface area is 59.0 Å². The Morgan fingerprint density at radius 3 is 2.60 bits per heavy atom. The topological polar surface area (TPSA) is 23.9 Å². The summed E-state index contributed by atoms with van der Waals surface area (Å²) in [4.78, 5) is 0. The van der Waals surface area contributed by atoms with Crippen LogP contribution in [0.15, 0.2) is 24.3 Å². The van der Waals surface area contributed by atoms with E-state index in [1.54, 1.807) is 19.1 Å². The van der Waals surface area contributed by atoms with E-state index in [9.17, 15) is 4.39 Å². The summed E-state index contributed by atoms with van der Waals surface area (Å²) in [5.74, 6) is -0.288. The predicted octanol–water partition coefficient (Wildman–Crippen LogP) is 2.21. The van der Waals surface area contributed by atoms with Gasteiger partial charge in [0.05, 0.1) is 0 Å². The van der Waals surface area contributed by atoms with E-state index in [4.69, 9.17) is 5.41 Å². The second-order valence-corrected chi connectivity index (χ2v) is 2.14. The fraction of sp³-hybridized carbons (Fsp3) is 0.125. The zero-order chi connectivity index (χ0) is 7.56. The molecular weight excluding hydrogens is 129 g/mol. The van der Waals surface area contributed by atoms with Crippen molar-refractivity contribution in [1.29, 1.82) is 5.41 Å². The molecule has 1 nitrogen and oxygen atoms in total. The van der Waals surface area contributed by atoms with Gasteiger partial charge in [0.25, 0.3) is 0 Å². The maximum Gasteiger partial charge on any atom is 0.123 e. The van der Waals surface area contributed by atoms with Crippen molar-refractivity contribution in [1.82, 2.24) is 0 Å². The molecule has 0 bridgehead atoms. The lowest BCUT2D eigenvalue weighted by Gasteiger charge is -1.95. The van der Waals surface area contributed by atoms with Crippen molar-refractivity contribution in [2.24, 2.45) is 0 Å². The van der Waals surface area contributed by atoms with Crippen LogP contribution in [0.5, 0.6) is 0 Å². The van der Waals surface area contributed by atoms with Crippen molar-refractivity contribution in [2.45, 2.75) is 6.92 Å². The smallest absolute Gasteiger partial charge is 0.123 e. The SMILES string of the molecule is CC(=N)c1cccc(F)c1. The van der Waals surface area contributed by atoms with E-state index in [0.717, 1.165) is 0 Å². The van der Waals surface area contributed by atoms with E-state index in [-0.39, 0.29) is 5.82 Å². The highest BCUT2D eigenvalue weighted by molar-refractivity contribution is 5.96. The summed E-state index contributed by atoms with van der Waals surface area (Å²) >= 11 is 0. The monoisotopic (exact) mass is 137 g/mol. The molecule has 0 aliphatic carbocycles. The lowest BCUT2D eigenvalue weighted by molar-refractivity contribution is 0.627. The minimum absolute atomic E-state index is 0.288. The quantitative estimate of drug-likeness (QED) is 0.574.